The van der Waals surface area contributed by atoms with Gasteiger partial charge in [0.15, 0.2) is 5.78 Å². The van der Waals surface area contributed by atoms with E-state index >= 15 is 0 Å². The maximum absolute atomic E-state index is 13.9. The van der Waals surface area contributed by atoms with Gasteiger partial charge in [-0.05, 0) is 56.9 Å². The van der Waals surface area contributed by atoms with Gasteiger partial charge < -0.3 is 19.5 Å². The molecule has 0 amide bonds. The fraction of sp³-hybridized carbons (Fsp3) is 0.294. The van der Waals surface area contributed by atoms with E-state index in [4.69, 9.17) is 14.2 Å². The molecule has 0 radical (unpaired) electrons. The molecule has 40 heavy (non-hydrogen) atoms. The third-order valence-corrected chi connectivity index (χ3v) is 7.24. The van der Waals surface area contributed by atoms with Crippen molar-refractivity contribution in [1.29, 1.82) is 0 Å². The zero-order valence-electron chi connectivity index (χ0n) is 23.2. The predicted molar refractivity (Wildman–Crippen MR) is 154 cm³/mol. The minimum absolute atomic E-state index is 0.0252. The second kappa shape index (κ2) is 12.2. The summed E-state index contributed by atoms with van der Waals surface area (Å²) in [7, 11) is 0. The number of ether oxygens (including phenoxy) is 3. The van der Waals surface area contributed by atoms with E-state index in [9.17, 15) is 9.59 Å². The van der Waals surface area contributed by atoms with E-state index in [0.717, 1.165) is 16.8 Å². The van der Waals surface area contributed by atoms with Crippen LogP contribution in [0.5, 0.6) is 11.5 Å². The molecule has 3 aromatic rings. The van der Waals surface area contributed by atoms with E-state index in [1.165, 1.54) is 0 Å². The van der Waals surface area contributed by atoms with Gasteiger partial charge in [-0.1, -0.05) is 66.7 Å². The van der Waals surface area contributed by atoms with Crippen molar-refractivity contribution >= 4 is 11.8 Å². The number of dihydropyridines is 1. The smallest absolute Gasteiger partial charge is 0.336 e. The number of allylic oxidation sites excluding steroid dienone is 3. The molecule has 6 nitrogen and oxygen atoms in total. The molecule has 0 aromatic heterocycles. The Morgan fingerprint density at radius 1 is 0.900 bits per heavy atom. The third-order valence-electron chi connectivity index (χ3n) is 7.24. The lowest BCUT2D eigenvalue weighted by atomic mass is 9.71. The van der Waals surface area contributed by atoms with Gasteiger partial charge in [0, 0.05) is 29.0 Å². The molecule has 1 aliphatic carbocycles. The first kappa shape index (κ1) is 27.3. The molecule has 6 heteroatoms. The molecule has 0 saturated heterocycles. The molecule has 1 aliphatic heterocycles. The molecule has 1 heterocycles. The molecule has 1 N–H and O–H groups in total. The maximum Gasteiger partial charge on any atom is 0.336 e. The normalized spacial score (nSPS) is 18.8. The van der Waals surface area contributed by atoms with Gasteiger partial charge in [0.1, 0.15) is 24.7 Å². The molecule has 5 rings (SSSR count). The third kappa shape index (κ3) is 5.96. The maximum atomic E-state index is 13.9. The quantitative estimate of drug-likeness (QED) is 0.250. The molecule has 0 bridgehead atoms. The number of esters is 1. The topological polar surface area (TPSA) is 73.9 Å². The van der Waals surface area contributed by atoms with E-state index in [-0.39, 0.29) is 31.0 Å². The van der Waals surface area contributed by atoms with Gasteiger partial charge in [0.25, 0.3) is 0 Å². The number of ketones is 1. The predicted octanol–water partition coefficient (Wildman–Crippen LogP) is 6.46. The van der Waals surface area contributed by atoms with Crippen molar-refractivity contribution in [2.75, 3.05) is 13.2 Å². The van der Waals surface area contributed by atoms with Crippen molar-refractivity contribution in [3.05, 3.63) is 119 Å². The summed E-state index contributed by atoms with van der Waals surface area (Å²) in [6.07, 6.45) is 0.983. The van der Waals surface area contributed by atoms with Crippen molar-refractivity contribution in [3.63, 3.8) is 0 Å². The Bertz CT molecular complexity index is 1420. The Balaban J connectivity index is 1.47. The largest absolute Gasteiger partial charge is 0.491 e. The van der Waals surface area contributed by atoms with Crippen LogP contribution in [0.1, 0.15) is 56.6 Å². The van der Waals surface area contributed by atoms with Crippen molar-refractivity contribution in [2.45, 2.75) is 51.6 Å². The number of carbonyl (C=O) groups is 2. The number of hydrogen-bond acceptors (Lipinski definition) is 6. The first-order valence-corrected chi connectivity index (χ1v) is 13.8. The van der Waals surface area contributed by atoms with Gasteiger partial charge in [-0.25, -0.2) is 4.79 Å². The zero-order valence-corrected chi connectivity index (χ0v) is 23.2. The van der Waals surface area contributed by atoms with Crippen LogP contribution in [0.2, 0.25) is 0 Å². The molecule has 0 saturated carbocycles. The highest BCUT2D eigenvalue weighted by molar-refractivity contribution is 6.04. The highest BCUT2D eigenvalue weighted by atomic mass is 16.6. The zero-order chi connectivity index (χ0) is 28.1. The van der Waals surface area contributed by atoms with Crippen LogP contribution in [0.25, 0.3) is 0 Å². The fourth-order valence-electron chi connectivity index (χ4n) is 5.55. The van der Waals surface area contributed by atoms with Crippen LogP contribution in [-0.2, 0) is 14.3 Å². The first-order chi connectivity index (χ1) is 19.4. The average molecular weight is 538 g/mol. The Morgan fingerprint density at radius 3 is 2.30 bits per heavy atom. The molecule has 2 atom stereocenters. The minimum Gasteiger partial charge on any atom is -0.491 e. The summed E-state index contributed by atoms with van der Waals surface area (Å²) >= 11 is 0. The lowest BCUT2D eigenvalue weighted by Gasteiger charge is -2.37. The number of nitrogens with one attached hydrogen (secondary N) is 1. The number of hydrogen-bond donors (Lipinski definition) is 1. The molecule has 2 aliphatic rings. The molecular formula is C34H35NO5. The van der Waals surface area contributed by atoms with Gasteiger partial charge in [-0.15, -0.1) is 0 Å². The van der Waals surface area contributed by atoms with Crippen LogP contribution in [0, 0.1) is 0 Å². The summed E-state index contributed by atoms with van der Waals surface area (Å²) in [6.45, 7) is 6.10. The van der Waals surface area contributed by atoms with Gasteiger partial charge in [0.05, 0.1) is 17.6 Å². The molecule has 206 valence electrons. The average Bonchev–Trinajstić information content (AvgIpc) is 2.95. The Morgan fingerprint density at radius 2 is 1.57 bits per heavy atom. The number of carbonyl (C=O) groups excluding carboxylic acids is 2. The number of Topliss-reactive ketones (excluding diaryl/α,β-unsaturated/α-hetero) is 1. The molecule has 0 fully saturated rings. The van der Waals surface area contributed by atoms with Crippen LogP contribution >= 0.6 is 0 Å². The fourth-order valence-corrected chi connectivity index (χ4v) is 5.55. The van der Waals surface area contributed by atoms with Gasteiger partial charge in [-0.3, -0.25) is 4.79 Å². The molecule has 3 aromatic carbocycles. The second-order valence-electron chi connectivity index (χ2n) is 10.4. The van der Waals surface area contributed by atoms with Crippen molar-refractivity contribution in [1.82, 2.24) is 5.32 Å². The van der Waals surface area contributed by atoms with Gasteiger partial charge in [0.2, 0.25) is 0 Å². The first-order valence-electron chi connectivity index (χ1n) is 13.8. The summed E-state index contributed by atoms with van der Waals surface area (Å²) in [5.74, 6) is 0.381. The second-order valence-corrected chi connectivity index (χ2v) is 10.4. The van der Waals surface area contributed by atoms with Crippen molar-refractivity contribution in [3.8, 4) is 11.5 Å². The highest BCUT2D eigenvalue weighted by Crippen LogP contribution is 2.47. The van der Waals surface area contributed by atoms with Crippen LogP contribution in [0.15, 0.2) is 107 Å². The monoisotopic (exact) mass is 537 g/mol. The SMILES string of the molecule is CC1=C(C(=O)OCCOc2ccccc2)[C@H](c2ccccc2OC(C)C)C2=C(C[C@H](c3ccccc3)CC2=O)N1. The lowest BCUT2D eigenvalue weighted by Crippen LogP contribution is -2.36. The summed E-state index contributed by atoms with van der Waals surface area (Å²) in [5.41, 5.74) is 4.49. The van der Waals surface area contributed by atoms with E-state index in [1.54, 1.807) is 0 Å². The lowest BCUT2D eigenvalue weighted by molar-refractivity contribution is -0.140. The van der Waals surface area contributed by atoms with Crippen molar-refractivity contribution in [2.24, 2.45) is 0 Å². The van der Waals surface area contributed by atoms with Crippen molar-refractivity contribution < 1.29 is 23.8 Å². The number of benzene rings is 3. The van der Waals surface area contributed by atoms with Crippen LogP contribution in [0.3, 0.4) is 0 Å². The minimum atomic E-state index is -0.599. The number of para-hydroxylation sites is 2. The van der Waals surface area contributed by atoms with Gasteiger partial charge >= 0.3 is 5.97 Å². The van der Waals surface area contributed by atoms with Gasteiger partial charge in [-0.2, -0.15) is 0 Å². The Labute approximate surface area is 235 Å². The Hall–Kier alpha value is -4.32. The van der Waals surface area contributed by atoms with Crippen LogP contribution < -0.4 is 14.8 Å². The number of rotatable bonds is 9. The van der Waals surface area contributed by atoms with E-state index in [1.807, 2.05) is 93.6 Å². The Kier molecular flexibility index (Phi) is 8.34. The van der Waals surface area contributed by atoms with E-state index < -0.39 is 11.9 Å². The highest BCUT2D eigenvalue weighted by Gasteiger charge is 2.42. The van der Waals surface area contributed by atoms with Crippen LogP contribution in [-0.4, -0.2) is 31.1 Å². The van der Waals surface area contributed by atoms with E-state index in [2.05, 4.69) is 17.4 Å². The molecule has 0 unspecified atom stereocenters. The van der Waals surface area contributed by atoms with Crippen LogP contribution in [0.4, 0.5) is 0 Å². The summed E-state index contributed by atoms with van der Waals surface area (Å²) in [4.78, 5) is 27.5. The van der Waals surface area contributed by atoms with E-state index in [0.29, 0.717) is 41.2 Å². The molecular weight excluding hydrogens is 502 g/mol. The molecule has 0 spiro atoms. The summed E-state index contributed by atoms with van der Waals surface area (Å²) in [5, 5.41) is 3.42. The summed E-state index contributed by atoms with van der Waals surface area (Å²) < 4.78 is 17.6. The summed E-state index contributed by atoms with van der Waals surface area (Å²) in [6, 6.07) is 27.2. The standard InChI is InChI=1S/C34H35NO5/c1-22(2)40-30-17-11-10-16-27(30)32-31(34(37)39-19-18-38-26-14-8-5-9-15-26)23(3)35-28-20-25(21-29(36)33(28)32)24-12-6-4-7-13-24/h4-17,22,25,32,35H,18-21H2,1-3H3/t25-,32-/m0/s1.